The first kappa shape index (κ1) is 19.3. The maximum absolute atomic E-state index is 12.6. The lowest BCUT2D eigenvalue weighted by molar-refractivity contribution is -0.134. The van der Waals surface area contributed by atoms with Crippen LogP contribution < -0.4 is 20.1 Å². The van der Waals surface area contributed by atoms with E-state index in [4.69, 9.17) is 15.2 Å². The Hall–Kier alpha value is -1.99. The molecule has 0 aliphatic carbocycles. The van der Waals surface area contributed by atoms with Gasteiger partial charge in [0.15, 0.2) is 0 Å². The minimum Gasteiger partial charge on any atom is -0.497 e. The zero-order valence-electron chi connectivity index (χ0n) is 14.4. The summed E-state index contributed by atoms with van der Waals surface area (Å²) in [5.41, 5.74) is 6.56. The molecule has 1 unspecified atom stereocenters. The fourth-order valence-electron chi connectivity index (χ4n) is 3.32. The second kappa shape index (κ2) is 7.93. The molecule has 0 radical (unpaired) electrons. The molecule has 0 saturated carbocycles. The highest BCUT2D eigenvalue weighted by atomic mass is 35.5. The van der Waals surface area contributed by atoms with Crippen molar-refractivity contribution in [3.05, 3.63) is 18.2 Å². The molecule has 2 fully saturated rings. The summed E-state index contributed by atoms with van der Waals surface area (Å²) in [6.07, 6.45) is 1.05. The molecule has 2 aliphatic rings. The molecule has 25 heavy (non-hydrogen) atoms. The maximum atomic E-state index is 12.6. The van der Waals surface area contributed by atoms with E-state index in [9.17, 15) is 9.59 Å². The lowest BCUT2D eigenvalue weighted by Crippen LogP contribution is -2.37. The molecule has 2 N–H and O–H groups in total. The van der Waals surface area contributed by atoms with Gasteiger partial charge >= 0.3 is 0 Å². The second-order valence-electron chi connectivity index (χ2n) is 6.31. The lowest BCUT2D eigenvalue weighted by Gasteiger charge is -2.21. The average molecular weight is 370 g/mol. The fourth-order valence-corrected chi connectivity index (χ4v) is 3.32. The predicted molar refractivity (Wildman–Crippen MR) is 96.4 cm³/mol. The average Bonchev–Trinajstić information content (AvgIpc) is 3.19. The van der Waals surface area contributed by atoms with Crippen molar-refractivity contribution in [2.24, 2.45) is 11.7 Å². The number of carbonyl (C=O) groups is 2. The molecule has 2 atom stereocenters. The Morgan fingerprint density at radius 2 is 1.80 bits per heavy atom. The summed E-state index contributed by atoms with van der Waals surface area (Å²) in [5, 5.41) is 0. The van der Waals surface area contributed by atoms with E-state index in [1.165, 1.54) is 0 Å². The normalized spacial score (nSPS) is 22.8. The standard InChI is InChI=1S/C17H23N3O4.ClH/c1-23-14-6-13(7-15(8-14)24-2)20-9-11(5-16(20)21)17(22)19-4-3-12(18)10-19;/h6-8,11-12H,3-5,9-10,18H2,1-2H3;1H/t11?,12-;/m1./s1. The summed E-state index contributed by atoms with van der Waals surface area (Å²) in [6.45, 7) is 1.63. The van der Waals surface area contributed by atoms with Crippen LogP contribution >= 0.6 is 12.4 Å². The van der Waals surface area contributed by atoms with E-state index in [1.54, 1.807) is 42.2 Å². The highest BCUT2D eigenvalue weighted by Gasteiger charge is 2.38. The molecule has 0 aromatic heterocycles. The number of halogens is 1. The van der Waals surface area contributed by atoms with E-state index in [1.807, 2.05) is 0 Å². The zero-order valence-corrected chi connectivity index (χ0v) is 15.3. The van der Waals surface area contributed by atoms with Gasteiger partial charge in [-0.1, -0.05) is 0 Å². The Morgan fingerprint density at radius 3 is 2.32 bits per heavy atom. The van der Waals surface area contributed by atoms with Crippen LogP contribution in [0.3, 0.4) is 0 Å². The molecule has 2 heterocycles. The van der Waals surface area contributed by atoms with E-state index in [2.05, 4.69) is 0 Å². The van der Waals surface area contributed by atoms with Crippen molar-refractivity contribution in [2.75, 3.05) is 38.8 Å². The van der Waals surface area contributed by atoms with E-state index in [0.29, 0.717) is 36.8 Å². The number of ether oxygens (including phenoxy) is 2. The van der Waals surface area contributed by atoms with Crippen LogP contribution in [0.4, 0.5) is 5.69 Å². The largest absolute Gasteiger partial charge is 0.497 e. The third kappa shape index (κ3) is 3.99. The maximum Gasteiger partial charge on any atom is 0.228 e. The van der Waals surface area contributed by atoms with Crippen molar-refractivity contribution in [1.82, 2.24) is 4.90 Å². The molecule has 2 aliphatic heterocycles. The smallest absolute Gasteiger partial charge is 0.228 e. The molecule has 1 aromatic carbocycles. The Labute approximate surface area is 153 Å². The zero-order chi connectivity index (χ0) is 17.3. The molecule has 138 valence electrons. The number of hydrogen-bond acceptors (Lipinski definition) is 5. The minimum atomic E-state index is -0.319. The first-order valence-electron chi connectivity index (χ1n) is 8.09. The fraction of sp³-hybridized carbons (Fsp3) is 0.529. The third-order valence-electron chi connectivity index (χ3n) is 4.66. The van der Waals surface area contributed by atoms with Gasteiger partial charge in [0.05, 0.1) is 25.8 Å². The Balaban J connectivity index is 0.00000225. The van der Waals surface area contributed by atoms with Crippen molar-refractivity contribution < 1.29 is 19.1 Å². The molecule has 2 saturated heterocycles. The second-order valence-corrected chi connectivity index (χ2v) is 6.31. The molecule has 7 nitrogen and oxygen atoms in total. The number of likely N-dealkylation sites (tertiary alicyclic amines) is 1. The van der Waals surface area contributed by atoms with Gasteiger partial charge < -0.3 is 25.0 Å². The van der Waals surface area contributed by atoms with Gasteiger partial charge in [-0.2, -0.15) is 0 Å². The number of anilines is 1. The Kier molecular flexibility index (Phi) is 6.13. The van der Waals surface area contributed by atoms with Crippen molar-refractivity contribution in [3.63, 3.8) is 0 Å². The van der Waals surface area contributed by atoms with Gasteiger partial charge in [0.1, 0.15) is 11.5 Å². The number of nitrogens with two attached hydrogens (primary N) is 1. The summed E-state index contributed by atoms with van der Waals surface area (Å²) >= 11 is 0. The lowest BCUT2D eigenvalue weighted by atomic mass is 10.1. The predicted octanol–water partition coefficient (Wildman–Crippen LogP) is 1.04. The molecule has 8 heteroatoms. The number of hydrogen-bond donors (Lipinski definition) is 1. The number of nitrogens with zero attached hydrogens (tertiary/aromatic N) is 2. The van der Waals surface area contributed by atoms with Gasteiger partial charge in [-0.25, -0.2) is 0 Å². The highest BCUT2D eigenvalue weighted by Crippen LogP contribution is 2.33. The van der Waals surface area contributed by atoms with E-state index < -0.39 is 0 Å². The van der Waals surface area contributed by atoms with Gasteiger partial charge in [-0.3, -0.25) is 9.59 Å². The van der Waals surface area contributed by atoms with Gasteiger partial charge in [0.2, 0.25) is 11.8 Å². The Bertz CT molecular complexity index is 633. The highest BCUT2D eigenvalue weighted by molar-refractivity contribution is 6.00. The number of amides is 2. The van der Waals surface area contributed by atoms with Gasteiger partial charge in [-0.05, 0) is 6.42 Å². The first-order valence-corrected chi connectivity index (χ1v) is 8.09. The van der Waals surface area contributed by atoms with E-state index in [0.717, 1.165) is 6.42 Å². The molecular weight excluding hydrogens is 346 g/mol. The Morgan fingerprint density at radius 1 is 1.16 bits per heavy atom. The van der Waals surface area contributed by atoms with Gasteiger partial charge in [0.25, 0.3) is 0 Å². The summed E-state index contributed by atoms with van der Waals surface area (Å²) in [7, 11) is 3.13. The molecule has 2 amide bonds. The SMILES string of the molecule is COc1cc(OC)cc(N2CC(C(=O)N3CC[C@@H](N)C3)CC2=O)c1.Cl. The number of benzene rings is 1. The van der Waals surface area contributed by atoms with Crippen LogP contribution in [-0.4, -0.2) is 56.6 Å². The number of rotatable bonds is 4. The third-order valence-corrected chi connectivity index (χ3v) is 4.66. The molecule has 0 bridgehead atoms. The summed E-state index contributed by atoms with van der Waals surface area (Å²) < 4.78 is 10.5. The van der Waals surface area contributed by atoms with Gasteiger partial charge in [-0.15, -0.1) is 12.4 Å². The number of methoxy groups -OCH3 is 2. The van der Waals surface area contributed by atoms with Crippen LogP contribution in [0, 0.1) is 5.92 Å². The summed E-state index contributed by atoms with van der Waals surface area (Å²) in [6, 6.07) is 5.35. The molecule has 1 aromatic rings. The van der Waals surface area contributed by atoms with Crippen LogP contribution in [0.1, 0.15) is 12.8 Å². The van der Waals surface area contributed by atoms with Crippen LogP contribution in [0.15, 0.2) is 18.2 Å². The van der Waals surface area contributed by atoms with Crippen molar-refractivity contribution in [3.8, 4) is 11.5 Å². The molecule has 0 spiro atoms. The van der Waals surface area contributed by atoms with Gasteiger partial charge in [0, 0.05) is 50.3 Å². The topological polar surface area (TPSA) is 85.1 Å². The van der Waals surface area contributed by atoms with Crippen LogP contribution in [0.5, 0.6) is 11.5 Å². The summed E-state index contributed by atoms with van der Waals surface area (Å²) in [4.78, 5) is 28.4. The van der Waals surface area contributed by atoms with Crippen LogP contribution in [0.2, 0.25) is 0 Å². The van der Waals surface area contributed by atoms with Crippen molar-refractivity contribution in [2.45, 2.75) is 18.9 Å². The first-order chi connectivity index (χ1) is 11.5. The van der Waals surface area contributed by atoms with Crippen LogP contribution in [-0.2, 0) is 9.59 Å². The molecular formula is C17H24ClN3O4. The monoisotopic (exact) mass is 369 g/mol. The number of carbonyl (C=O) groups excluding carboxylic acids is 2. The van der Waals surface area contributed by atoms with Crippen molar-refractivity contribution >= 4 is 29.9 Å². The van der Waals surface area contributed by atoms with Crippen LogP contribution in [0.25, 0.3) is 0 Å². The quantitative estimate of drug-likeness (QED) is 0.857. The van der Waals surface area contributed by atoms with Crippen molar-refractivity contribution in [1.29, 1.82) is 0 Å². The minimum absolute atomic E-state index is 0. The molecule has 3 rings (SSSR count). The van der Waals surface area contributed by atoms with E-state index >= 15 is 0 Å². The van der Waals surface area contributed by atoms with E-state index in [-0.39, 0.29) is 42.6 Å². The summed E-state index contributed by atoms with van der Waals surface area (Å²) in [5.74, 6) is 0.857.